The normalized spacial score (nSPS) is 14.6. The topological polar surface area (TPSA) is 75.1 Å². The fourth-order valence-electron chi connectivity index (χ4n) is 2.00. The zero-order valence-corrected chi connectivity index (χ0v) is 10.9. The number of aromatic carboxylic acids is 1. The molecule has 1 aromatic heterocycles. The van der Waals surface area contributed by atoms with E-state index >= 15 is 0 Å². The van der Waals surface area contributed by atoms with Gasteiger partial charge in [-0.15, -0.1) is 5.10 Å². The lowest BCUT2D eigenvalue weighted by Gasteiger charge is -2.11. The third kappa shape index (κ3) is 2.97. The summed E-state index contributed by atoms with van der Waals surface area (Å²) in [5, 5.41) is 20.2. The summed E-state index contributed by atoms with van der Waals surface area (Å²) >= 11 is 0. The van der Waals surface area contributed by atoms with Crippen LogP contribution in [0, 0.1) is 19.8 Å². The number of aromatic nitrogens is 2. The average molecular weight is 249 g/mol. The van der Waals surface area contributed by atoms with Crippen LogP contribution in [0.1, 0.15) is 47.3 Å². The molecule has 1 saturated carbocycles. The smallest absolute Gasteiger partial charge is 0.339 e. The molecule has 0 aromatic carbocycles. The Morgan fingerprint density at radius 1 is 1.39 bits per heavy atom. The number of rotatable bonds is 6. The third-order valence-electron chi connectivity index (χ3n) is 3.45. The Labute approximate surface area is 107 Å². The number of hydrogen-bond acceptors (Lipinski definition) is 4. The molecule has 98 valence electrons. The highest BCUT2D eigenvalue weighted by Gasteiger charge is 2.21. The fourth-order valence-corrected chi connectivity index (χ4v) is 2.00. The first-order valence-corrected chi connectivity index (χ1v) is 6.40. The Morgan fingerprint density at radius 2 is 2.11 bits per heavy atom. The van der Waals surface area contributed by atoms with Crippen molar-refractivity contribution < 1.29 is 9.90 Å². The van der Waals surface area contributed by atoms with Gasteiger partial charge in [0.25, 0.3) is 0 Å². The number of anilines is 1. The molecule has 0 amide bonds. The molecular weight excluding hydrogens is 230 g/mol. The molecule has 1 heterocycles. The minimum Gasteiger partial charge on any atom is -0.478 e. The maximum atomic E-state index is 11.2. The summed E-state index contributed by atoms with van der Waals surface area (Å²) in [6.07, 6.45) is 4.97. The van der Waals surface area contributed by atoms with Crippen molar-refractivity contribution in [3.8, 4) is 0 Å². The lowest BCUT2D eigenvalue weighted by atomic mass is 10.1. The van der Waals surface area contributed by atoms with Gasteiger partial charge in [-0.2, -0.15) is 5.10 Å². The molecule has 1 aliphatic rings. The van der Waals surface area contributed by atoms with Gasteiger partial charge in [0.1, 0.15) is 5.56 Å². The van der Waals surface area contributed by atoms with Gasteiger partial charge in [0.2, 0.25) is 0 Å². The van der Waals surface area contributed by atoms with Crippen molar-refractivity contribution in [2.45, 2.75) is 39.5 Å². The molecule has 1 aliphatic carbocycles. The molecular formula is C13H19N3O2. The number of carbonyl (C=O) groups is 1. The monoisotopic (exact) mass is 249 g/mol. The van der Waals surface area contributed by atoms with Crippen molar-refractivity contribution in [2.24, 2.45) is 5.92 Å². The zero-order valence-electron chi connectivity index (χ0n) is 10.9. The molecule has 0 unspecified atom stereocenters. The van der Waals surface area contributed by atoms with Gasteiger partial charge in [-0.3, -0.25) is 0 Å². The Morgan fingerprint density at radius 3 is 2.72 bits per heavy atom. The largest absolute Gasteiger partial charge is 0.478 e. The van der Waals surface area contributed by atoms with Crippen molar-refractivity contribution in [1.29, 1.82) is 0 Å². The van der Waals surface area contributed by atoms with Crippen molar-refractivity contribution in [3.63, 3.8) is 0 Å². The highest BCUT2D eigenvalue weighted by molar-refractivity contribution is 5.94. The van der Waals surface area contributed by atoms with Crippen molar-refractivity contribution in [2.75, 3.05) is 11.9 Å². The van der Waals surface area contributed by atoms with Crippen LogP contribution in [-0.2, 0) is 0 Å². The van der Waals surface area contributed by atoms with Gasteiger partial charge in [0, 0.05) is 6.54 Å². The molecule has 0 bridgehead atoms. The van der Waals surface area contributed by atoms with Crippen LogP contribution in [0.5, 0.6) is 0 Å². The van der Waals surface area contributed by atoms with Gasteiger partial charge in [0.15, 0.2) is 5.82 Å². The van der Waals surface area contributed by atoms with E-state index in [1.807, 2.05) is 0 Å². The molecule has 2 rings (SSSR count). The van der Waals surface area contributed by atoms with E-state index in [4.69, 9.17) is 0 Å². The number of nitrogens with one attached hydrogen (secondary N) is 1. The molecule has 18 heavy (non-hydrogen) atoms. The van der Waals surface area contributed by atoms with E-state index in [9.17, 15) is 9.90 Å². The van der Waals surface area contributed by atoms with Gasteiger partial charge < -0.3 is 10.4 Å². The lowest BCUT2D eigenvalue weighted by molar-refractivity contribution is 0.0696. The quantitative estimate of drug-likeness (QED) is 0.757. The van der Waals surface area contributed by atoms with Gasteiger partial charge in [-0.25, -0.2) is 4.79 Å². The summed E-state index contributed by atoms with van der Waals surface area (Å²) in [6.45, 7) is 4.29. The molecule has 5 nitrogen and oxygen atoms in total. The van der Waals surface area contributed by atoms with Crippen molar-refractivity contribution >= 4 is 11.8 Å². The zero-order chi connectivity index (χ0) is 13.1. The average Bonchev–Trinajstić information content (AvgIpc) is 3.12. The van der Waals surface area contributed by atoms with Gasteiger partial charge in [-0.1, -0.05) is 12.8 Å². The van der Waals surface area contributed by atoms with Gasteiger partial charge in [0.05, 0.1) is 5.69 Å². The summed E-state index contributed by atoms with van der Waals surface area (Å²) < 4.78 is 0. The lowest BCUT2D eigenvalue weighted by Crippen LogP contribution is -2.13. The van der Waals surface area contributed by atoms with Crippen LogP contribution in [0.15, 0.2) is 0 Å². The molecule has 0 atom stereocenters. The second-order valence-corrected chi connectivity index (χ2v) is 4.95. The predicted octanol–water partition coefficient (Wildman–Crippen LogP) is 2.39. The molecule has 1 fully saturated rings. The van der Waals surface area contributed by atoms with Crippen LogP contribution in [0.4, 0.5) is 5.82 Å². The van der Waals surface area contributed by atoms with E-state index in [-0.39, 0.29) is 5.56 Å². The van der Waals surface area contributed by atoms with E-state index < -0.39 is 5.97 Å². The number of hydrogen-bond donors (Lipinski definition) is 2. The van der Waals surface area contributed by atoms with Gasteiger partial charge >= 0.3 is 5.97 Å². The molecule has 1 aromatic rings. The van der Waals surface area contributed by atoms with Crippen LogP contribution >= 0.6 is 0 Å². The Kier molecular flexibility index (Phi) is 3.79. The van der Waals surface area contributed by atoms with Crippen LogP contribution in [0.25, 0.3) is 0 Å². The summed E-state index contributed by atoms with van der Waals surface area (Å²) in [4.78, 5) is 11.2. The standard InChI is InChI=1S/C13H19N3O2/c1-8-9(2)15-16-12(11(8)13(17)18)14-7-3-4-10-5-6-10/h10H,3-7H2,1-2H3,(H,14,16)(H,17,18). The predicted molar refractivity (Wildman–Crippen MR) is 68.9 cm³/mol. The molecule has 0 radical (unpaired) electrons. The van der Waals surface area contributed by atoms with E-state index in [0.29, 0.717) is 17.1 Å². The second kappa shape index (κ2) is 5.33. The summed E-state index contributed by atoms with van der Waals surface area (Å²) in [5.41, 5.74) is 1.59. The SMILES string of the molecule is Cc1nnc(NCCCC2CC2)c(C(=O)O)c1C. The first kappa shape index (κ1) is 12.8. The molecule has 0 aliphatic heterocycles. The number of aryl methyl sites for hydroxylation is 1. The summed E-state index contributed by atoms with van der Waals surface area (Å²) in [5.74, 6) is 0.341. The number of nitrogens with zero attached hydrogens (tertiary/aromatic N) is 2. The number of carboxylic acid groups (broad SMARTS) is 1. The minimum absolute atomic E-state index is 0.244. The van der Waals surface area contributed by atoms with Crippen LogP contribution in [0.3, 0.4) is 0 Å². The summed E-state index contributed by atoms with van der Waals surface area (Å²) in [7, 11) is 0. The fraction of sp³-hybridized carbons (Fsp3) is 0.615. The first-order chi connectivity index (χ1) is 8.59. The van der Waals surface area contributed by atoms with Crippen LogP contribution < -0.4 is 5.32 Å². The van der Waals surface area contributed by atoms with E-state index in [0.717, 1.165) is 18.9 Å². The highest BCUT2D eigenvalue weighted by Crippen LogP contribution is 2.33. The molecule has 2 N–H and O–H groups in total. The molecule has 5 heteroatoms. The third-order valence-corrected chi connectivity index (χ3v) is 3.45. The summed E-state index contributed by atoms with van der Waals surface area (Å²) in [6, 6.07) is 0. The molecule has 0 spiro atoms. The van der Waals surface area contributed by atoms with Crippen LogP contribution in [0.2, 0.25) is 0 Å². The number of carboxylic acids is 1. The van der Waals surface area contributed by atoms with Crippen molar-refractivity contribution in [1.82, 2.24) is 10.2 Å². The minimum atomic E-state index is -0.949. The van der Waals surface area contributed by atoms with Crippen LogP contribution in [-0.4, -0.2) is 27.8 Å². The highest BCUT2D eigenvalue weighted by atomic mass is 16.4. The van der Waals surface area contributed by atoms with Crippen molar-refractivity contribution in [3.05, 3.63) is 16.8 Å². The van der Waals surface area contributed by atoms with E-state index in [1.54, 1.807) is 13.8 Å². The molecule has 0 saturated heterocycles. The Hall–Kier alpha value is -1.65. The maximum Gasteiger partial charge on any atom is 0.339 e. The Bertz CT molecular complexity index is 456. The first-order valence-electron chi connectivity index (χ1n) is 6.40. The van der Waals surface area contributed by atoms with E-state index in [1.165, 1.54) is 19.3 Å². The van der Waals surface area contributed by atoms with E-state index in [2.05, 4.69) is 15.5 Å². The second-order valence-electron chi connectivity index (χ2n) is 4.95. The Balaban J connectivity index is 2.01. The maximum absolute atomic E-state index is 11.2. The van der Waals surface area contributed by atoms with Gasteiger partial charge in [-0.05, 0) is 38.2 Å².